The van der Waals surface area contributed by atoms with Crippen LogP contribution in [0.5, 0.6) is 0 Å². The number of oxazole rings is 1. The van der Waals surface area contributed by atoms with Gasteiger partial charge in [0.2, 0.25) is 5.89 Å². The van der Waals surface area contributed by atoms with Crippen LogP contribution >= 0.6 is 11.6 Å². The van der Waals surface area contributed by atoms with Gasteiger partial charge < -0.3 is 14.8 Å². The number of aromatic nitrogens is 2. The van der Waals surface area contributed by atoms with Crippen molar-refractivity contribution in [2.24, 2.45) is 0 Å². The summed E-state index contributed by atoms with van der Waals surface area (Å²) in [5, 5.41) is 13.4. The Kier molecular flexibility index (Phi) is 7.65. The van der Waals surface area contributed by atoms with Crippen molar-refractivity contribution >= 4 is 46.4 Å². The first-order valence-corrected chi connectivity index (χ1v) is 13.2. The number of carbonyl (C=O) groups excluding carboxylic acids is 1. The molecule has 0 amide bonds. The van der Waals surface area contributed by atoms with Gasteiger partial charge in [-0.05, 0) is 78.9 Å². The number of nitrogens with one attached hydrogen (secondary N) is 1. The van der Waals surface area contributed by atoms with Crippen molar-refractivity contribution in [1.29, 1.82) is 0 Å². The third-order valence-electron chi connectivity index (χ3n) is 6.93. The first-order chi connectivity index (χ1) is 19.4. The minimum absolute atomic E-state index is 0.127. The third-order valence-corrected chi connectivity index (χ3v) is 7.21. The second kappa shape index (κ2) is 11.3. The fourth-order valence-corrected chi connectivity index (χ4v) is 5.15. The molecule has 200 valence electrons. The number of rotatable bonds is 8. The van der Waals surface area contributed by atoms with Crippen LogP contribution < -0.4 is 5.32 Å². The SMILES string of the molecule is C=C(Nc1cccc(-c2cccc(-c3nc4cc(CO)cc(Cl)c4o3)c2C)c1C)c1nccc(C=O)c1/C=C\C. The van der Waals surface area contributed by atoms with Gasteiger partial charge in [-0.1, -0.05) is 54.6 Å². The van der Waals surface area contributed by atoms with Crippen molar-refractivity contribution in [2.45, 2.75) is 27.4 Å². The summed E-state index contributed by atoms with van der Waals surface area (Å²) in [4.78, 5) is 20.8. The molecule has 0 fully saturated rings. The lowest BCUT2D eigenvalue weighted by Gasteiger charge is -2.18. The van der Waals surface area contributed by atoms with Gasteiger partial charge in [-0.3, -0.25) is 9.78 Å². The smallest absolute Gasteiger partial charge is 0.227 e. The number of fused-ring (bicyclic) bond motifs is 1. The lowest BCUT2D eigenvalue weighted by atomic mass is 9.92. The Hall–Kier alpha value is -4.52. The number of pyridine rings is 1. The van der Waals surface area contributed by atoms with Crippen molar-refractivity contribution in [3.63, 3.8) is 0 Å². The number of hydrogen-bond donors (Lipinski definition) is 2. The van der Waals surface area contributed by atoms with E-state index in [4.69, 9.17) is 16.0 Å². The highest BCUT2D eigenvalue weighted by Crippen LogP contribution is 2.38. The summed E-state index contributed by atoms with van der Waals surface area (Å²) in [7, 11) is 0. The molecule has 0 saturated carbocycles. The molecular formula is C33H28ClN3O3. The van der Waals surface area contributed by atoms with E-state index in [1.807, 2.05) is 50.3 Å². The normalized spacial score (nSPS) is 11.3. The van der Waals surface area contributed by atoms with Crippen LogP contribution in [0, 0.1) is 13.8 Å². The Labute approximate surface area is 237 Å². The van der Waals surface area contributed by atoms with Gasteiger partial charge in [0.25, 0.3) is 0 Å². The van der Waals surface area contributed by atoms with Crippen LogP contribution in [0.25, 0.3) is 45.5 Å². The summed E-state index contributed by atoms with van der Waals surface area (Å²) in [5.74, 6) is 0.462. The Morgan fingerprint density at radius 3 is 2.52 bits per heavy atom. The maximum Gasteiger partial charge on any atom is 0.227 e. The van der Waals surface area contributed by atoms with Crippen molar-refractivity contribution in [3.05, 3.63) is 112 Å². The predicted octanol–water partition coefficient (Wildman–Crippen LogP) is 8.25. The molecule has 6 nitrogen and oxygen atoms in total. The average Bonchev–Trinajstić information content (AvgIpc) is 3.39. The standard InChI is InChI=1S/C33H28ClN3O3/c1-5-8-27-23(18-39)13-14-35-31(27)21(4)36-29-12-7-10-25(20(29)3)24-9-6-11-26(19(24)2)33-37-30-16-22(17-38)15-28(34)32(30)40-33/h5-16,18,36,38H,4,17H2,1-3H3/b8-5-. The number of anilines is 1. The molecule has 0 aliphatic carbocycles. The molecule has 0 aliphatic rings. The quantitative estimate of drug-likeness (QED) is 0.189. The fraction of sp³-hybridized carbons (Fsp3) is 0.121. The Balaban J connectivity index is 1.53. The van der Waals surface area contributed by atoms with Gasteiger partial charge in [0.1, 0.15) is 5.52 Å². The summed E-state index contributed by atoms with van der Waals surface area (Å²) < 4.78 is 6.08. The molecule has 0 aliphatic heterocycles. The van der Waals surface area contributed by atoms with E-state index in [2.05, 4.69) is 40.9 Å². The maximum absolute atomic E-state index is 11.6. The van der Waals surface area contributed by atoms with E-state index in [0.717, 1.165) is 45.4 Å². The van der Waals surface area contributed by atoms with Gasteiger partial charge in [0.05, 0.1) is 23.0 Å². The van der Waals surface area contributed by atoms with Gasteiger partial charge in [-0.2, -0.15) is 0 Å². The van der Waals surface area contributed by atoms with Crippen LogP contribution in [0.4, 0.5) is 5.69 Å². The van der Waals surface area contributed by atoms with Crippen molar-refractivity contribution in [1.82, 2.24) is 9.97 Å². The lowest BCUT2D eigenvalue weighted by molar-refractivity contribution is 0.112. The van der Waals surface area contributed by atoms with Crippen LogP contribution in [0.1, 0.15) is 45.2 Å². The van der Waals surface area contributed by atoms with E-state index in [9.17, 15) is 9.90 Å². The van der Waals surface area contributed by atoms with Crippen molar-refractivity contribution in [3.8, 4) is 22.6 Å². The van der Waals surface area contributed by atoms with E-state index in [1.54, 1.807) is 24.4 Å². The number of carbonyl (C=O) groups is 1. The second-order valence-electron chi connectivity index (χ2n) is 9.44. The number of aliphatic hydroxyl groups excluding tert-OH is 1. The number of aldehydes is 1. The van der Waals surface area contributed by atoms with E-state index in [-0.39, 0.29) is 6.61 Å². The summed E-state index contributed by atoms with van der Waals surface area (Å²) >= 11 is 6.39. The minimum Gasteiger partial charge on any atom is -0.434 e. The zero-order chi connectivity index (χ0) is 28.4. The predicted molar refractivity (Wildman–Crippen MR) is 162 cm³/mol. The van der Waals surface area contributed by atoms with Crippen LogP contribution in [0.15, 0.2) is 77.9 Å². The molecular weight excluding hydrogens is 522 g/mol. The molecule has 0 saturated heterocycles. The van der Waals surface area contributed by atoms with Crippen LogP contribution in [0.3, 0.4) is 0 Å². The first kappa shape index (κ1) is 27.1. The molecule has 5 aromatic rings. The molecule has 0 atom stereocenters. The molecule has 2 heterocycles. The van der Waals surface area contributed by atoms with Gasteiger partial charge in [-0.15, -0.1) is 0 Å². The zero-order valence-corrected chi connectivity index (χ0v) is 23.2. The average molecular weight is 550 g/mol. The lowest BCUT2D eigenvalue weighted by Crippen LogP contribution is -2.05. The number of benzene rings is 3. The van der Waals surface area contributed by atoms with Crippen LogP contribution in [0.2, 0.25) is 5.02 Å². The first-order valence-electron chi connectivity index (χ1n) is 12.8. The number of allylic oxidation sites excluding steroid dienone is 1. The number of aliphatic hydroxyl groups is 1. The maximum atomic E-state index is 11.6. The molecule has 0 radical (unpaired) electrons. The highest BCUT2D eigenvalue weighted by atomic mass is 35.5. The second-order valence-corrected chi connectivity index (χ2v) is 9.85. The molecule has 2 aromatic heterocycles. The van der Waals surface area contributed by atoms with Gasteiger partial charge in [0.15, 0.2) is 11.9 Å². The fourth-order valence-electron chi connectivity index (χ4n) is 4.87. The molecule has 40 heavy (non-hydrogen) atoms. The Morgan fingerprint density at radius 2 is 1.80 bits per heavy atom. The van der Waals surface area contributed by atoms with E-state index >= 15 is 0 Å². The Bertz CT molecular complexity index is 1800. The van der Waals surface area contributed by atoms with Crippen LogP contribution in [-0.2, 0) is 6.61 Å². The zero-order valence-electron chi connectivity index (χ0n) is 22.5. The number of hydrogen-bond acceptors (Lipinski definition) is 6. The highest BCUT2D eigenvalue weighted by molar-refractivity contribution is 6.34. The molecule has 0 unspecified atom stereocenters. The van der Waals surface area contributed by atoms with E-state index < -0.39 is 0 Å². The van der Waals surface area contributed by atoms with Crippen molar-refractivity contribution < 1.29 is 14.3 Å². The molecule has 7 heteroatoms. The minimum atomic E-state index is -0.127. The molecule has 5 rings (SSSR count). The molecule has 0 bridgehead atoms. The van der Waals surface area contributed by atoms with E-state index in [0.29, 0.717) is 44.5 Å². The van der Waals surface area contributed by atoms with E-state index in [1.165, 1.54) is 0 Å². The summed E-state index contributed by atoms with van der Waals surface area (Å²) in [6, 6.07) is 17.2. The summed E-state index contributed by atoms with van der Waals surface area (Å²) in [6.07, 6.45) is 6.17. The van der Waals surface area contributed by atoms with Crippen LogP contribution in [-0.4, -0.2) is 21.4 Å². The highest BCUT2D eigenvalue weighted by Gasteiger charge is 2.18. The number of halogens is 1. The number of nitrogens with zero attached hydrogens (tertiary/aromatic N) is 2. The van der Waals surface area contributed by atoms with Crippen molar-refractivity contribution in [2.75, 3.05) is 5.32 Å². The monoisotopic (exact) mass is 549 g/mol. The Morgan fingerprint density at radius 1 is 1.07 bits per heavy atom. The largest absolute Gasteiger partial charge is 0.434 e. The molecule has 2 N–H and O–H groups in total. The third kappa shape index (κ3) is 4.95. The summed E-state index contributed by atoms with van der Waals surface area (Å²) in [6.45, 7) is 10.1. The van der Waals surface area contributed by atoms with Gasteiger partial charge >= 0.3 is 0 Å². The van der Waals surface area contributed by atoms with Gasteiger partial charge in [0, 0.05) is 28.6 Å². The topological polar surface area (TPSA) is 88.2 Å². The summed E-state index contributed by atoms with van der Waals surface area (Å²) in [5.41, 5.74) is 10.1. The molecule has 3 aromatic carbocycles. The van der Waals surface area contributed by atoms with Gasteiger partial charge in [-0.25, -0.2) is 4.98 Å². The molecule has 0 spiro atoms.